The van der Waals surface area contributed by atoms with Gasteiger partial charge in [-0.1, -0.05) is 23.2 Å². The zero-order valence-electron chi connectivity index (χ0n) is 7.54. The summed E-state index contributed by atoms with van der Waals surface area (Å²) in [6.07, 6.45) is 0. The fraction of sp³-hybridized carbons (Fsp3) is 0.111. The van der Waals surface area contributed by atoms with Crippen molar-refractivity contribution in [1.29, 1.82) is 0 Å². The van der Waals surface area contributed by atoms with E-state index >= 15 is 0 Å². The van der Waals surface area contributed by atoms with Gasteiger partial charge in [0.1, 0.15) is 0 Å². The van der Waals surface area contributed by atoms with E-state index in [1.54, 1.807) is 0 Å². The van der Waals surface area contributed by atoms with Crippen LogP contribution in [0, 0.1) is 0 Å². The molecule has 3 N–H and O–H groups in total. The summed E-state index contributed by atoms with van der Waals surface area (Å²) in [6.45, 7) is 0. The van der Waals surface area contributed by atoms with Crippen LogP contribution in [0.4, 0.5) is 5.69 Å². The third kappa shape index (κ3) is 3.42. The minimum absolute atomic E-state index is 0.362. The highest BCUT2D eigenvalue weighted by atomic mass is 35.5. The van der Waals surface area contributed by atoms with Gasteiger partial charge in [-0.15, -0.1) is 0 Å². The minimum atomic E-state index is -1.12. The van der Waals surface area contributed by atoms with E-state index < -0.39 is 16.7 Å². The van der Waals surface area contributed by atoms with Crippen molar-refractivity contribution in [2.24, 2.45) is 5.73 Å². The summed E-state index contributed by atoms with van der Waals surface area (Å²) in [4.78, 5) is 20.7. The van der Waals surface area contributed by atoms with E-state index in [2.05, 4.69) is 5.32 Å². The third-order valence-corrected chi connectivity index (χ3v) is 2.03. The van der Waals surface area contributed by atoms with Gasteiger partial charge in [0.25, 0.3) is 5.91 Å². The van der Waals surface area contributed by atoms with Crippen LogP contribution in [-0.2, 0) is 4.79 Å². The molecule has 0 aliphatic rings. The quantitative estimate of drug-likeness (QED) is 0.795. The van der Waals surface area contributed by atoms with E-state index in [1.165, 1.54) is 24.3 Å². The summed E-state index contributed by atoms with van der Waals surface area (Å²) < 4.78 is 0. The molecular weight excluding hydrogens is 239 g/mol. The zero-order chi connectivity index (χ0) is 11.4. The van der Waals surface area contributed by atoms with E-state index in [1.807, 2.05) is 0 Å². The lowest BCUT2D eigenvalue weighted by molar-refractivity contribution is -0.114. The van der Waals surface area contributed by atoms with Crippen LogP contribution < -0.4 is 11.1 Å². The molecule has 2 amide bonds. The molecule has 0 heterocycles. The summed E-state index contributed by atoms with van der Waals surface area (Å²) >= 11 is 10.7. The highest BCUT2D eigenvalue weighted by molar-refractivity contribution is 6.54. The van der Waals surface area contributed by atoms with Crippen LogP contribution in [0.5, 0.6) is 0 Å². The van der Waals surface area contributed by atoms with Crippen LogP contribution in [0.3, 0.4) is 0 Å². The molecule has 0 aliphatic carbocycles. The summed E-state index contributed by atoms with van der Waals surface area (Å²) in [6, 6.07) is 6.06. The molecule has 0 aliphatic heterocycles. The SMILES string of the molecule is NC(=O)c1ccc(NC(=O)C(Cl)Cl)cc1. The summed E-state index contributed by atoms with van der Waals surface area (Å²) in [7, 11) is 0. The van der Waals surface area contributed by atoms with Gasteiger partial charge in [-0.2, -0.15) is 0 Å². The smallest absolute Gasteiger partial charge is 0.257 e. The van der Waals surface area contributed by atoms with Gasteiger partial charge in [0.15, 0.2) is 4.84 Å². The first-order chi connectivity index (χ1) is 7.00. The lowest BCUT2D eigenvalue weighted by atomic mass is 10.2. The number of carbonyl (C=O) groups excluding carboxylic acids is 2. The van der Waals surface area contributed by atoms with Crippen molar-refractivity contribution in [3.05, 3.63) is 29.8 Å². The van der Waals surface area contributed by atoms with Crippen molar-refractivity contribution in [3.63, 3.8) is 0 Å². The lowest BCUT2D eigenvalue weighted by Gasteiger charge is -2.05. The number of rotatable bonds is 3. The van der Waals surface area contributed by atoms with E-state index in [0.717, 1.165) is 0 Å². The van der Waals surface area contributed by atoms with Crippen LogP contribution >= 0.6 is 23.2 Å². The third-order valence-electron chi connectivity index (χ3n) is 1.64. The predicted molar refractivity (Wildman–Crippen MR) is 59.1 cm³/mol. The molecule has 0 saturated carbocycles. The van der Waals surface area contributed by atoms with Gasteiger partial charge >= 0.3 is 0 Å². The molecule has 4 nitrogen and oxygen atoms in total. The molecule has 0 saturated heterocycles. The highest BCUT2D eigenvalue weighted by Crippen LogP contribution is 2.11. The molecular formula is C9H8Cl2N2O2. The number of nitrogens with one attached hydrogen (secondary N) is 1. The number of hydrogen-bond acceptors (Lipinski definition) is 2. The fourth-order valence-electron chi connectivity index (χ4n) is 0.915. The first-order valence-corrected chi connectivity index (χ1v) is 4.87. The number of primary amides is 1. The number of halogens is 2. The van der Waals surface area contributed by atoms with Crippen LogP contribution in [0.2, 0.25) is 0 Å². The molecule has 0 fully saturated rings. The highest BCUT2D eigenvalue weighted by Gasteiger charge is 2.11. The molecule has 0 bridgehead atoms. The van der Waals surface area contributed by atoms with Crippen molar-refractivity contribution in [1.82, 2.24) is 0 Å². The maximum Gasteiger partial charge on any atom is 0.257 e. The Morgan fingerprint density at radius 1 is 1.20 bits per heavy atom. The Labute approximate surface area is 96.3 Å². The molecule has 0 radical (unpaired) electrons. The Kier molecular flexibility index (Phi) is 3.94. The van der Waals surface area contributed by atoms with E-state index in [0.29, 0.717) is 11.3 Å². The molecule has 1 rings (SSSR count). The first-order valence-electron chi connectivity index (χ1n) is 3.99. The molecule has 80 valence electrons. The Morgan fingerprint density at radius 3 is 2.13 bits per heavy atom. The molecule has 0 aromatic heterocycles. The van der Waals surface area contributed by atoms with Gasteiger partial charge < -0.3 is 11.1 Å². The largest absolute Gasteiger partial charge is 0.366 e. The second kappa shape index (κ2) is 5.00. The van der Waals surface area contributed by atoms with Crippen molar-refractivity contribution in [3.8, 4) is 0 Å². The van der Waals surface area contributed by atoms with Gasteiger partial charge in [-0.05, 0) is 24.3 Å². The maximum atomic E-state index is 11.1. The van der Waals surface area contributed by atoms with Crippen LogP contribution in [-0.4, -0.2) is 16.7 Å². The average Bonchev–Trinajstić information content (AvgIpc) is 2.18. The van der Waals surface area contributed by atoms with Crippen molar-refractivity contribution in [2.45, 2.75) is 4.84 Å². The number of benzene rings is 1. The molecule has 0 spiro atoms. The minimum Gasteiger partial charge on any atom is -0.366 e. The van der Waals surface area contributed by atoms with E-state index in [-0.39, 0.29) is 0 Å². The molecule has 1 aromatic rings. The fourth-order valence-corrected chi connectivity index (χ4v) is 1.02. The van der Waals surface area contributed by atoms with Crippen molar-refractivity contribution < 1.29 is 9.59 Å². The van der Waals surface area contributed by atoms with E-state index in [4.69, 9.17) is 28.9 Å². The Bertz CT molecular complexity index is 376. The van der Waals surface area contributed by atoms with Gasteiger partial charge in [0.05, 0.1) is 0 Å². The Balaban J connectivity index is 2.73. The summed E-state index contributed by atoms with van der Waals surface area (Å²) in [5.74, 6) is -1.05. The van der Waals surface area contributed by atoms with Crippen LogP contribution in [0.15, 0.2) is 24.3 Å². The number of carbonyl (C=O) groups is 2. The maximum absolute atomic E-state index is 11.1. The van der Waals surface area contributed by atoms with Gasteiger partial charge in [0, 0.05) is 11.3 Å². The van der Waals surface area contributed by atoms with Gasteiger partial charge in [0.2, 0.25) is 5.91 Å². The van der Waals surface area contributed by atoms with Crippen molar-refractivity contribution >= 4 is 40.7 Å². The van der Waals surface area contributed by atoms with Crippen molar-refractivity contribution in [2.75, 3.05) is 5.32 Å². The number of nitrogens with two attached hydrogens (primary N) is 1. The summed E-state index contributed by atoms with van der Waals surface area (Å²) in [5.41, 5.74) is 5.90. The number of hydrogen-bond donors (Lipinski definition) is 2. The predicted octanol–water partition coefficient (Wildman–Crippen LogP) is 1.53. The monoisotopic (exact) mass is 246 g/mol. The average molecular weight is 247 g/mol. The van der Waals surface area contributed by atoms with Crippen LogP contribution in [0.1, 0.15) is 10.4 Å². The topological polar surface area (TPSA) is 72.2 Å². The van der Waals surface area contributed by atoms with Gasteiger partial charge in [-0.3, -0.25) is 9.59 Å². The van der Waals surface area contributed by atoms with Crippen LogP contribution in [0.25, 0.3) is 0 Å². The standard InChI is InChI=1S/C9H8Cl2N2O2/c10-7(11)9(15)13-6-3-1-5(2-4-6)8(12)14/h1-4,7H,(H2,12,14)(H,13,15). The number of amides is 2. The Hall–Kier alpha value is -1.26. The number of anilines is 1. The normalized spacial score (nSPS) is 10.1. The second-order valence-corrected chi connectivity index (χ2v) is 3.83. The summed E-state index contributed by atoms with van der Waals surface area (Å²) in [5, 5.41) is 2.45. The lowest BCUT2D eigenvalue weighted by Crippen LogP contribution is -2.18. The van der Waals surface area contributed by atoms with Gasteiger partial charge in [-0.25, -0.2) is 0 Å². The number of alkyl halides is 2. The molecule has 6 heteroatoms. The Morgan fingerprint density at radius 2 is 1.73 bits per heavy atom. The first kappa shape index (κ1) is 11.8. The molecule has 0 atom stereocenters. The molecule has 0 unspecified atom stereocenters. The van der Waals surface area contributed by atoms with E-state index in [9.17, 15) is 9.59 Å². The molecule has 1 aromatic carbocycles. The molecule has 15 heavy (non-hydrogen) atoms. The second-order valence-electron chi connectivity index (χ2n) is 2.73. The zero-order valence-corrected chi connectivity index (χ0v) is 9.05.